The third kappa shape index (κ3) is 1.52. The monoisotopic (exact) mass is 218 g/mol. The van der Waals surface area contributed by atoms with Gasteiger partial charge in [0.25, 0.3) is 0 Å². The van der Waals surface area contributed by atoms with E-state index in [0.29, 0.717) is 5.00 Å². The first-order chi connectivity index (χ1) is 6.59. The van der Waals surface area contributed by atoms with Gasteiger partial charge in [0.15, 0.2) is 0 Å². The Bertz CT molecular complexity index is 416. The van der Waals surface area contributed by atoms with Crippen LogP contribution >= 0.6 is 11.3 Å². The van der Waals surface area contributed by atoms with E-state index in [4.69, 9.17) is 0 Å². The van der Waals surface area contributed by atoms with Crippen molar-refractivity contribution < 1.29 is 13.2 Å². The first kappa shape index (κ1) is 9.26. The molecule has 6 heteroatoms. The molecule has 0 aliphatic carbocycles. The van der Waals surface area contributed by atoms with Crippen molar-refractivity contribution in [3.8, 4) is 5.00 Å². The molecule has 0 N–H and O–H groups in total. The van der Waals surface area contributed by atoms with E-state index in [1.165, 1.54) is 11.3 Å². The molecule has 0 saturated carbocycles. The van der Waals surface area contributed by atoms with Gasteiger partial charge in [-0.3, -0.25) is 0 Å². The minimum Gasteiger partial charge on any atom is -0.219 e. The van der Waals surface area contributed by atoms with E-state index >= 15 is 0 Å². The average Bonchev–Trinajstić information content (AvgIpc) is 2.73. The van der Waals surface area contributed by atoms with Gasteiger partial charge in [0.05, 0.1) is 6.20 Å². The van der Waals surface area contributed by atoms with Gasteiger partial charge in [-0.1, -0.05) is 0 Å². The molecule has 0 aliphatic rings. The van der Waals surface area contributed by atoms with Crippen molar-refractivity contribution in [3.63, 3.8) is 0 Å². The van der Waals surface area contributed by atoms with E-state index in [0.717, 1.165) is 16.9 Å². The largest absolute Gasteiger partial charge is 0.433 e. The lowest BCUT2D eigenvalue weighted by molar-refractivity contribution is -0.142. The molecule has 0 atom stereocenters. The predicted octanol–water partition coefficient (Wildman–Crippen LogP) is 2.95. The number of rotatable bonds is 1. The molecule has 0 radical (unpaired) electrons. The molecule has 2 nitrogen and oxygen atoms in total. The second kappa shape index (κ2) is 3.13. The number of thiophene rings is 1. The summed E-state index contributed by atoms with van der Waals surface area (Å²) in [5.41, 5.74) is -0.750. The van der Waals surface area contributed by atoms with E-state index in [2.05, 4.69) is 5.10 Å². The summed E-state index contributed by atoms with van der Waals surface area (Å²) in [6.07, 6.45) is -3.22. The van der Waals surface area contributed by atoms with Crippen molar-refractivity contribution in [1.82, 2.24) is 9.78 Å². The molecule has 0 spiro atoms. The van der Waals surface area contributed by atoms with Crippen molar-refractivity contribution >= 4 is 11.3 Å². The Hall–Kier alpha value is -1.30. The maximum Gasteiger partial charge on any atom is 0.433 e. The molecule has 2 aromatic heterocycles. The summed E-state index contributed by atoms with van der Waals surface area (Å²) in [6.45, 7) is 0. The highest BCUT2D eigenvalue weighted by atomic mass is 32.1. The van der Waals surface area contributed by atoms with Gasteiger partial charge in [0.1, 0.15) is 10.7 Å². The van der Waals surface area contributed by atoms with Crippen LogP contribution in [-0.4, -0.2) is 9.78 Å². The molecule has 2 aromatic rings. The Morgan fingerprint density at radius 3 is 2.64 bits per heavy atom. The van der Waals surface area contributed by atoms with Gasteiger partial charge in [-0.25, -0.2) is 4.68 Å². The minimum absolute atomic E-state index is 0.460. The number of nitrogens with zero attached hydrogens (tertiary/aromatic N) is 2. The third-order valence-electron chi connectivity index (χ3n) is 1.65. The zero-order valence-electron chi connectivity index (χ0n) is 6.82. The summed E-state index contributed by atoms with van der Waals surface area (Å²) in [4.78, 5) is 0. The van der Waals surface area contributed by atoms with Crippen LogP contribution in [0.15, 0.2) is 29.8 Å². The normalized spacial score (nSPS) is 11.9. The topological polar surface area (TPSA) is 17.8 Å². The number of halogens is 3. The van der Waals surface area contributed by atoms with Gasteiger partial charge in [-0.2, -0.15) is 18.3 Å². The van der Waals surface area contributed by atoms with E-state index in [1.54, 1.807) is 17.5 Å². The Labute approximate surface area is 81.6 Å². The van der Waals surface area contributed by atoms with Gasteiger partial charge in [-0.05, 0) is 23.6 Å². The highest BCUT2D eigenvalue weighted by Gasteiger charge is 2.35. The lowest BCUT2D eigenvalue weighted by atomic mass is 10.4. The summed E-state index contributed by atoms with van der Waals surface area (Å²) in [5, 5.41) is 5.80. The molecule has 14 heavy (non-hydrogen) atoms. The molecule has 0 unspecified atom stereocenters. The van der Waals surface area contributed by atoms with Crippen LogP contribution in [0.1, 0.15) is 5.69 Å². The Kier molecular flexibility index (Phi) is 2.07. The fraction of sp³-hybridized carbons (Fsp3) is 0.125. The molecule has 0 aromatic carbocycles. The van der Waals surface area contributed by atoms with E-state index in [1.807, 2.05) is 0 Å². The Morgan fingerprint density at radius 2 is 2.07 bits per heavy atom. The van der Waals surface area contributed by atoms with Gasteiger partial charge in [0.2, 0.25) is 0 Å². The van der Waals surface area contributed by atoms with E-state index in [9.17, 15) is 13.2 Å². The number of hydrogen-bond acceptors (Lipinski definition) is 2. The molecular formula is C8H5F3N2S. The third-order valence-corrected chi connectivity index (χ3v) is 2.49. The molecule has 0 aliphatic heterocycles. The number of aromatic nitrogens is 2. The van der Waals surface area contributed by atoms with Crippen molar-refractivity contribution in [2.75, 3.05) is 0 Å². The quantitative estimate of drug-likeness (QED) is 0.719. The molecule has 0 bridgehead atoms. The summed E-state index contributed by atoms with van der Waals surface area (Å²) >= 11 is 1.21. The molecular weight excluding hydrogens is 213 g/mol. The standard InChI is InChI=1S/C8H5F3N2S/c9-8(10,11)6-3-4-12-13(6)7-2-1-5-14-7/h1-5H. The lowest BCUT2D eigenvalue weighted by Gasteiger charge is -2.07. The SMILES string of the molecule is FC(F)(F)c1ccnn1-c1cccs1. The fourth-order valence-electron chi connectivity index (χ4n) is 1.08. The van der Waals surface area contributed by atoms with Crippen LogP contribution in [-0.2, 0) is 6.18 Å². The van der Waals surface area contributed by atoms with E-state index < -0.39 is 11.9 Å². The average molecular weight is 218 g/mol. The second-order valence-electron chi connectivity index (χ2n) is 2.58. The number of hydrogen-bond donors (Lipinski definition) is 0. The smallest absolute Gasteiger partial charge is 0.219 e. The second-order valence-corrected chi connectivity index (χ2v) is 3.50. The molecule has 74 valence electrons. The first-order valence-electron chi connectivity index (χ1n) is 3.74. The van der Waals surface area contributed by atoms with Crippen LogP contribution in [0.4, 0.5) is 13.2 Å². The zero-order valence-corrected chi connectivity index (χ0v) is 7.64. The molecule has 2 rings (SSSR count). The zero-order chi connectivity index (χ0) is 10.2. The minimum atomic E-state index is -4.36. The molecule has 0 fully saturated rings. The van der Waals surface area contributed by atoms with Gasteiger partial charge >= 0.3 is 6.18 Å². The number of alkyl halides is 3. The fourth-order valence-corrected chi connectivity index (χ4v) is 1.78. The van der Waals surface area contributed by atoms with Crippen LogP contribution in [0.25, 0.3) is 5.00 Å². The van der Waals surface area contributed by atoms with Gasteiger partial charge in [0, 0.05) is 0 Å². The lowest BCUT2D eigenvalue weighted by Crippen LogP contribution is -2.12. The molecule has 0 amide bonds. The van der Waals surface area contributed by atoms with Crippen molar-refractivity contribution in [3.05, 3.63) is 35.5 Å². The summed E-state index contributed by atoms with van der Waals surface area (Å²) in [7, 11) is 0. The van der Waals surface area contributed by atoms with Crippen molar-refractivity contribution in [2.24, 2.45) is 0 Å². The van der Waals surface area contributed by atoms with Crippen LogP contribution < -0.4 is 0 Å². The summed E-state index contributed by atoms with van der Waals surface area (Å²) < 4.78 is 38.1. The van der Waals surface area contributed by atoms with Crippen molar-refractivity contribution in [2.45, 2.75) is 6.18 Å². The van der Waals surface area contributed by atoms with Crippen LogP contribution in [0.3, 0.4) is 0 Å². The first-order valence-corrected chi connectivity index (χ1v) is 4.62. The van der Waals surface area contributed by atoms with Gasteiger partial charge < -0.3 is 0 Å². The maximum absolute atomic E-state index is 12.4. The molecule has 0 saturated heterocycles. The van der Waals surface area contributed by atoms with E-state index in [-0.39, 0.29) is 0 Å². The highest BCUT2D eigenvalue weighted by Crippen LogP contribution is 2.31. The maximum atomic E-state index is 12.4. The summed E-state index contributed by atoms with van der Waals surface area (Å²) in [5.74, 6) is 0. The Morgan fingerprint density at radius 1 is 1.29 bits per heavy atom. The van der Waals surface area contributed by atoms with Crippen molar-refractivity contribution in [1.29, 1.82) is 0 Å². The van der Waals surface area contributed by atoms with Crippen LogP contribution in [0.2, 0.25) is 0 Å². The van der Waals surface area contributed by atoms with Gasteiger partial charge in [-0.15, -0.1) is 11.3 Å². The summed E-state index contributed by atoms with van der Waals surface area (Å²) in [6, 6.07) is 4.23. The van der Waals surface area contributed by atoms with Crippen LogP contribution in [0, 0.1) is 0 Å². The van der Waals surface area contributed by atoms with Crippen LogP contribution in [0.5, 0.6) is 0 Å². The Balaban J connectivity index is 2.51. The predicted molar refractivity (Wildman–Crippen MR) is 46.4 cm³/mol. The highest BCUT2D eigenvalue weighted by molar-refractivity contribution is 7.12. The molecule has 2 heterocycles.